The number of hydrogen-bond acceptors (Lipinski definition) is 6. The second kappa shape index (κ2) is 7.38. The molecule has 1 N–H and O–H groups in total. The number of nitrogens with zero attached hydrogens (tertiary/aromatic N) is 1. The van der Waals surface area contributed by atoms with Crippen LogP contribution in [0.25, 0.3) is 9.88 Å². The van der Waals surface area contributed by atoms with E-state index in [0.29, 0.717) is 18.0 Å². The normalized spacial score (nSPS) is 11.5. The average Bonchev–Trinajstić information content (AvgIpc) is 3.13. The number of aryl methyl sites for hydroxylation is 3. The molecule has 0 aliphatic rings. The van der Waals surface area contributed by atoms with Crippen molar-refractivity contribution in [3.63, 3.8) is 0 Å². The van der Waals surface area contributed by atoms with E-state index in [1.165, 1.54) is 11.3 Å². The Balaban J connectivity index is 1.95. The molecule has 0 saturated heterocycles. The molecule has 0 aliphatic heterocycles. The third-order valence-electron chi connectivity index (χ3n) is 3.83. The molecule has 0 amide bonds. The number of rotatable bonds is 6. The molecule has 0 spiro atoms. The van der Waals surface area contributed by atoms with Crippen LogP contribution in [0.5, 0.6) is 5.75 Å². The first kappa shape index (κ1) is 18.9. The summed E-state index contributed by atoms with van der Waals surface area (Å²) in [6.07, 6.45) is 0. The Morgan fingerprint density at radius 1 is 1.12 bits per heavy atom. The van der Waals surface area contributed by atoms with Gasteiger partial charge in [-0.3, -0.25) is 4.72 Å². The zero-order chi connectivity index (χ0) is 18.9. The topological polar surface area (TPSA) is 68.3 Å². The second-order valence-corrected chi connectivity index (χ2v) is 9.84. The van der Waals surface area contributed by atoms with E-state index in [-0.39, 0.29) is 4.90 Å². The van der Waals surface area contributed by atoms with E-state index in [9.17, 15) is 8.42 Å². The van der Waals surface area contributed by atoms with E-state index >= 15 is 0 Å². The summed E-state index contributed by atoms with van der Waals surface area (Å²) in [5.41, 5.74) is 1.41. The smallest absolute Gasteiger partial charge is 0.263 e. The maximum Gasteiger partial charge on any atom is 0.263 e. The molecule has 2 heterocycles. The molecule has 5 nitrogen and oxygen atoms in total. The molecular formula is C18H20N2O3S3. The number of ether oxygens (including phenoxy) is 1. The van der Waals surface area contributed by atoms with Crippen LogP contribution in [0.3, 0.4) is 0 Å². The number of para-hydroxylation sites is 2. The van der Waals surface area contributed by atoms with Gasteiger partial charge in [0.25, 0.3) is 10.0 Å². The fourth-order valence-corrected chi connectivity index (χ4v) is 6.07. The van der Waals surface area contributed by atoms with E-state index in [1.807, 2.05) is 33.8 Å². The van der Waals surface area contributed by atoms with Crippen LogP contribution in [0, 0.1) is 20.8 Å². The van der Waals surface area contributed by atoms with Crippen molar-refractivity contribution in [1.29, 1.82) is 0 Å². The number of sulfonamides is 1. The first-order chi connectivity index (χ1) is 12.3. The van der Waals surface area contributed by atoms with E-state index in [2.05, 4.69) is 9.71 Å². The van der Waals surface area contributed by atoms with Gasteiger partial charge >= 0.3 is 0 Å². The molecule has 26 heavy (non-hydrogen) atoms. The van der Waals surface area contributed by atoms with Crippen LogP contribution in [0.1, 0.15) is 22.4 Å². The number of nitrogens with one attached hydrogen (secondary N) is 1. The Bertz CT molecular complexity index is 1020. The average molecular weight is 409 g/mol. The molecule has 0 unspecified atom stereocenters. The Hall–Kier alpha value is -1.90. The van der Waals surface area contributed by atoms with E-state index in [1.54, 1.807) is 35.6 Å². The van der Waals surface area contributed by atoms with Gasteiger partial charge in [-0.25, -0.2) is 13.4 Å². The second-order valence-electron chi connectivity index (χ2n) is 5.73. The van der Waals surface area contributed by atoms with Crippen molar-refractivity contribution >= 4 is 38.4 Å². The standard InChI is InChI=1S/C18H20N2O3S3/c1-5-23-15-9-7-6-8-14(15)20-26(21,22)17-10-16(24-13(17)4)18-19-11(2)12(3)25-18/h6-10,20H,5H2,1-4H3. The third kappa shape index (κ3) is 3.77. The van der Waals surface area contributed by atoms with Crippen LogP contribution < -0.4 is 9.46 Å². The van der Waals surface area contributed by atoms with E-state index in [4.69, 9.17) is 4.74 Å². The van der Waals surface area contributed by atoms with Gasteiger partial charge in [-0.15, -0.1) is 22.7 Å². The van der Waals surface area contributed by atoms with Crippen molar-refractivity contribution in [1.82, 2.24) is 4.98 Å². The summed E-state index contributed by atoms with van der Waals surface area (Å²) in [5, 5.41) is 0.851. The van der Waals surface area contributed by atoms with Gasteiger partial charge in [-0.1, -0.05) is 12.1 Å². The Morgan fingerprint density at radius 2 is 1.85 bits per heavy atom. The van der Waals surface area contributed by atoms with Crippen molar-refractivity contribution in [2.24, 2.45) is 0 Å². The first-order valence-electron chi connectivity index (χ1n) is 8.11. The summed E-state index contributed by atoms with van der Waals surface area (Å²) < 4.78 is 34.0. The van der Waals surface area contributed by atoms with Gasteiger partial charge in [0, 0.05) is 9.75 Å². The van der Waals surface area contributed by atoms with Gasteiger partial charge in [0.15, 0.2) is 0 Å². The molecule has 0 atom stereocenters. The molecule has 3 rings (SSSR count). The molecule has 8 heteroatoms. The van der Waals surface area contributed by atoms with Crippen LogP contribution in [-0.2, 0) is 10.0 Å². The lowest BCUT2D eigenvalue weighted by molar-refractivity contribution is 0.342. The van der Waals surface area contributed by atoms with Gasteiger partial charge in [-0.05, 0) is 45.9 Å². The summed E-state index contributed by atoms with van der Waals surface area (Å²) in [7, 11) is -3.72. The Kier molecular flexibility index (Phi) is 5.36. The van der Waals surface area contributed by atoms with Gasteiger partial charge in [0.05, 0.1) is 22.9 Å². The molecule has 0 fully saturated rings. The highest BCUT2D eigenvalue weighted by Gasteiger charge is 2.23. The largest absolute Gasteiger partial charge is 0.492 e. The third-order valence-corrected chi connectivity index (χ3v) is 7.75. The van der Waals surface area contributed by atoms with Gasteiger partial charge in [0.2, 0.25) is 0 Å². The summed E-state index contributed by atoms with van der Waals surface area (Å²) in [6.45, 7) is 8.10. The highest BCUT2D eigenvalue weighted by Crippen LogP contribution is 2.37. The zero-order valence-corrected chi connectivity index (χ0v) is 17.4. The summed E-state index contributed by atoms with van der Waals surface area (Å²) in [6, 6.07) is 8.72. The summed E-state index contributed by atoms with van der Waals surface area (Å²) in [5.74, 6) is 0.512. The van der Waals surface area contributed by atoms with Crippen LogP contribution >= 0.6 is 22.7 Å². The lowest BCUT2D eigenvalue weighted by atomic mass is 10.3. The quantitative estimate of drug-likeness (QED) is 0.623. The van der Waals surface area contributed by atoms with Gasteiger partial charge in [0.1, 0.15) is 15.7 Å². The highest BCUT2D eigenvalue weighted by atomic mass is 32.2. The zero-order valence-electron chi connectivity index (χ0n) is 15.0. The minimum absolute atomic E-state index is 0.273. The summed E-state index contributed by atoms with van der Waals surface area (Å²) in [4.78, 5) is 7.54. The van der Waals surface area contributed by atoms with Crippen LogP contribution in [0.2, 0.25) is 0 Å². The number of anilines is 1. The van der Waals surface area contributed by atoms with Crippen LogP contribution in [0.4, 0.5) is 5.69 Å². The van der Waals surface area contributed by atoms with Crippen molar-refractivity contribution in [2.45, 2.75) is 32.6 Å². The van der Waals surface area contributed by atoms with Crippen LogP contribution in [0.15, 0.2) is 35.2 Å². The monoisotopic (exact) mass is 408 g/mol. The van der Waals surface area contributed by atoms with Gasteiger partial charge in [-0.2, -0.15) is 0 Å². The SMILES string of the molecule is CCOc1ccccc1NS(=O)(=O)c1cc(-c2nc(C)c(C)s2)sc1C. The van der Waals surface area contributed by atoms with Crippen molar-refractivity contribution in [3.8, 4) is 15.6 Å². The Morgan fingerprint density at radius 3 is 2.50 bits per heavy atom. The lowest BCUT2D eigenvalue weighted by Crippen LogP contribution is -2.14. The number of benzene rings is 1. The maximum absolute atomic E-state index is 12.9. The minimum Gasteiger partial charge on any atom is -0.492 e. The Labute approximate surface area is 161 Å². The molecule has 1 aromatic carbocycles. The number of thiophene rings is 1. The fraction of sp³-hybridized carbons (Fsp3) is 0.278. The molecule has 0 aliphatic carbocycles. The predicted molar refractivity (Wildman–Crippen MR) is 108 cm³/mol. The molecular weight excluding hydrogens is 388 g/mol. The number of thiazole rings is 1. The van der Waals surface area contributed by atoms with E-state index in [0.717, 1.165) is 25.3 Å². The predicted octanol–water partition coefficient (Wildman–Crippen LogP) is 5.00. The fourth-order valence-electron chi connectivity index (χ4n) is 2.45. The maximum atomic E-state index is 12.9. The van der Waals surface area contributed by atoms with Crippen molar-refractivity contribution < 1.29 is 13.2 Å². The van der Waals surface area contributed by atoms with Gasteiger partial charge < -0.3 is 4.74 Å². The highest BCUT2D eigenvalue weighted by molar-refractivity contribution is 7.93. The van der Waals surface area contributed by atoms with E-state index < -0.39 is 10.0 Å². The summed E-state index contributed by atoms with van der Waals surface area (Å²) >= 11 is 3.02. The molecule has 0 radical (unpaired) electrons. The molecule has 2 aromatic heterocycles. The van der Waals surface area contributed by atoms with Crippen molar-refractivity contribution in [2.75, 3.05) is 11.3 Å². The first-order valence-corrected chi connectivity index (χ1v) is 11.2. The molecule has 0 bridgehead atoms. The minimum atomic E-state index is -3.72. The van der Waals surface area contributed by atoms with Crippen molar-refractivity contribution in [3.05, 3.63) is 45.8 Å². The molecule has 3 aromatic rings. The molecule has 138 valence electrons. The number of aromatic nitrogens is 1. The lowest BCUT2D eigenvalue weighted by Gasteiger charge is -2.12. The number of hydrogen-bond donors (Lipinski definition) is 1. The van der Waals surface area contributed by atoms with Crippen LogP contribution in [-0.4, -0.2) is 20.0 Å². The molecule has 0 saturated carbocycles.